The van der Waals surface area contributed by atoms with Crippen molar-refractivity contribution in [2.24, 2.45) is 5.92 Å². The largest absolute Gasteiger partial charge is 0.466 e. The summed E-state index contributed by atoms with van der Waals surface area (Å²) >= 11 is 0. The minimum Gasteiger partial charge on any atom is -0.466 e. The standard InChI is InChI=1S/C12H20O2/c1-5-10(3)9-11(4)7-8-12(13)14-6-2/h5,9-10H,1,6-8H2,2-4H3/b11-9+. The summed E-state index contributed by atoms with van der Waals surface area (Å²) in [5, 5.41) is 0. The van der Waals surface area contributed by atoms with Gasteiger partial charge in [-0.25, -0.2) is 0 Å². The van der Waals surface area contributed by atoms with Crippen molar-refractivity contribution in [3.63, 3.8) is 0 Å². The highest BCUT2D eigenvalue weighted by molar-refractivity contribution is 5.69. The summed E-state index contributed by atoms with van der Waals surface area (Å²) in [6.07, 6.45) is 5.25. The van der Waals surface area contributed by atoms with E-state index >= 15 is 0 Å². The van der Waals surface area contributed by atoms with Crippen molar-refractivity contribution in [3.05, 3.63) is 24.3 Å². The number of hydrogen-bond acceptors (Lipinski definition) is 2. The molecule has 14 heavy (non-hydrogen) atoms. The average Bonchev–Trinajstić information content (AvgIpc) is 2.15. The Morgan fingerprint density at radius 3 is 2.64 bits per heavy atom. The first kappa shape index (κ1) is 12.9. The Morgan fingerprint density at radius 2 is 2.14 bits per heavy atom. The van der Waals surface area contributed by atoms with E-state index in [2.05, 4.69) is 19.6 Å². The third-order valence-corrected chi connectivity index (χ3v) is 1.95. The van der Waals surface area contributed by atoms with Crippen LogP contribution in [-0.4, -0.2) is 12.6 Å². The maximum Gasteiger partial charge on any atom is 0.306 e. The van der Waals surface area contributed by atoms with Crippen LogP contribution in [0.4, 0.5) is 0 Å². The highest BCUT2D eigenvalue weighted by atomic mass is 16.5. The SMILES string of the molecule is C=CC(C)/C=C(\C)CCC(=O)OCC. The number of carbonyl (C=O) groups is 1. The van der Waals surface area contributed by atoms with E-state index in [1.807, 2.05) is 19.9 Å². The van der Waals surface area contributed by atoms with Gasteiger partial charge in [0.15, 0.2) is 0 Å². The Morgan fingerprint density at radius 1 is 1.50 bits per heavy atom. The van der Waals surface area contributed by atoms with E-state index in [1.54, 1.807) is 0 Å². The third-order valence-electron chi connectivity index (χ3n) is 1.95. The molecular weight excluding hydrogens is 176 g/mol. The lowest BCUT2D eigenvalue weighted by molar-refractivity contribution is -0.143. The molecule has 1 unspecified atom stereocenters. The van der Waals surface area contributed by atoms with Gasteiger partial charge >= 0.3 is 5.97 Å². The molecule has 0 aromatic carbocycles. The van der Waals surface area contributed by atoms with Gasteiger partial charge in [-0.05, 0) is 26.2 Å². The quantitative estimate of drug-likeness (QED) is 0.482. The van der Waals surface area contributed by atoms with Gasteiger partial charge in [0.2, 0.25) is 0 Å². The molecule has 0 saturated carbocycles. The summed E-state index contributed by atoms with van der Waals surface area (Å²) in [7, 11) is 0. The molecule has 0 aromatic heterocycles. The Labute approximate surface area is 86.6 Å². The van der Waals surface area contributed by atoms with Gasteiger partial charge in [0.1, 0.15) is 0 Å². The zero-order valence-corrected chi connectivity index (χ0v) is 9.38. The molecule has 2 nitrogen and oxygen atoms in total. The number of allylic oxidation sites excluding steroid dienone is 3. The van der Waals surface area contributed by atoms with Crippen LogP contribution in [0, 0.1) is 5.92 Å². The maximum absolute atomic E-state index is 11.0. The maximum atomic E-state index is 11.0. The molecule has 80 valence electrons. The average molecular weight is 196 g/mol. The normalized spacial score (nSPS) is 13.5. The monoisotopic (exact) mass is 196 g/mol. The molecule has 1 atom stereocenters. The number of rotatable bonds is 6. The molecule has 0 aromatic rings. The molecule has 0 aliphatic carbocycles. The van der Waals surface area contributed by atoms with Gasteiger partial charge in [-0.3, -0.25) is 4.79 Å². The summed E-state index contributed by atoms with van der Waals surface area (Å²) in [4.78, 5) is 11.0. The molecule has 0 fully saturated rings. The molecule has 0 rings (SSSR count). The van der Waals surface area contributed by atoms with Gasteiger partial charge in [0.05, 0.1) is 6.61 Å². The molecule has 0 radical (unpaired) electrons. The number of carbonyl (C=O) groups excluding carboxylic acids is 1. The van der Waals surface area contributed by atoms with Gasteiger partial charge < -0.3 is 4.74 Å². The zero-order valence-electron chi connectivity index (χ0n) is 9.38. The molecule has 0 saturated heterocycles. The summed E-state index contributed by atoms with van der Waals surface area (Å²) in [5.41, 5.74) is 1.21. The predicted molar refractivity (Wildman–Crippen MR) is 59.0 cm³/mol. The van der Waals surface area contributed by atoms with Crippen molar-refractivity contribution < 1.29 is 9.53 Å². The second-order valence-corrected chi connectivity index (χ2v) is 3.41. The van der Waals surface area contributed by atoms with Gasteiger partial charge in [-0.15, -0.1) is 6.58 Å². The lowest BCUT2D eigenvalue weighted by atomic mass is 10.1. The zero-order chi connectivity index (χ0) is 11.0. The molecule has 0 aliphatic rings. The van der Waals surface area contributed by atoms with Crippen LogP contribution in [0.1, 0.15) is 33.6 Å². The summed E-state index contributed by atoms with van der Waals surface area (Å²) < 4.78 is 4.84. The van der Waals surface area contributed by atoms with Crippen molar-refractivity contribution in [1.29, 1.82) is 0 Å². The molecule has 2 heteroatoms. The van der Waals surface area contributed by atoms with Crippen LogP contribution in [0.2, 0.25) is 0 Å². The fraction of sp³-hybridized carbons (Fsp3) is 0.583. The molecular formula is C12H20O2. The van der Waals surface area contributed by atoms with Crippen LogP contribution in [0.5, 0.6) is 0 Å². The summed E-state index contributed by atoms with van der Waals surface area (Å²) in [6, 6.07) is 0. The second kappa shape index (κ2) is 7.36. The van der Waals surface area contributed by atoms with E-state index in [-0.39, 0.29) is 5.97 Å². The first-order valence-electron chi connectivity index (χ1n) is 5.05. The van der Waals surface area contributed by atoms with Crippen molar-refractivity contribution >= 4 is 5.97 Å². The van der Waals surface area contributed by atoms with Crippen molar-refractivity contribution in [1.82, 2.24) is 0 Å². The van der Waals surface area contributed by atoms with Gasteiger partial charge in [-0.1, -0.05) is 24.6 Å². The fourth-order valence-corrected chi connectivity index (χ4v) is 1.13. The molecule has 0 amide bonds. The molecule has 0 aliphatic heterocycles. The van der Waals surface area contributed by atoms with E-state index in [9.17, 15) is 4.79 Å². The summed E-state index contributed by atoms with van der Waals surface area (Å²) in [6.45, 7) is 10.1. The molecule has 0 spiro atoms. The highest BCUT2D eigenvalue weighted by Gasteiger charge is 2.02. The van der Waals surface area contributed by atoms with E-state index < -0.39 is 0 Å². The van der Waals surface area contributed by atoms with Gasteiger partial charge in [0.25, 0.3) is 0 Å². The third kappa shape index (κ3) is 6.46. The smallest absolute Gasteiger partial charge is 0.306 e. The predicted octanol–water partition coefficient (Wildman–Crippen LogP) is 3.10. The Hall–Kier alpha value is -1.05. The minimum absolute atomic E-state index is 0.119. The van der Waals surface area contributed by atoms with E-state index in [0.717, 1.165) is 6.42 Å². The van der Waals surface area contributed by atoms with Crippen LogP contribution < -0.4 is 0 Å². The minimum atomic E-state index is -0.119. The first-order valence-corrected chi connectivity index (χ1v) is 5.05. The van der Waals surface area contributed by atoms with E-state index in [0.29, 0.717) is 18.9 Å². The number of ether oxygens (including phenoxy) is 1. The lowest BCUT2D eigenvalue weighted by Crippen LogP contribution is -2.03. The Balaban J connectivity index is 3.83. The van der Waals surface area contributed by atoms with Crippen LogP contribution in [0.25, 0.3) is 0 Å². The lowest BCUT2D eigenvalue weighted by Gasteiger charge is -2.04. The first-order chi connectivity index (χ1) is 6.60. The highest BCUT2D eigenvalue weighted by Crippen LogP contribution is 2.09. The molecule has 0 N–H and O–H groups in total. The van der Waals surface area contributed by atoms with Gasteiger partial charge in [-0.2, -0.15) is 0 Å². The Bertz CT molecular complexity index is 216. The molecule has 0 bridgehead atoms. The summed E-state index contributed by atoms with van der Waals surface area (Å²) in [5.74, 6) is 0.253. The van der Waals surface area contributed by atoms with E-state index in [1.165, 1.54) is 5.57 Å². The van der Waals surface area contributed by atoms with Crippen molar-refractivity contribution in [3.8, 4) is 0 Å². The van der Waals surface area contributed by atoms with Crippen LogP contribution >= 0.6 is 0 Å². The van der Waals surface area contributed by atoms with Crippen molar-refractivity contribution in [2.45, 2.75) is 33.6 Å². The number of esters is 1. The molecule has 0 heterocycles. The van der Waals surface area contributed by atoms with Crippen LogP contribution in [0.3, 0.4) is 0 Å². The van der Waals surface area contributed by atoms with E-state index in [4.69, 9.17) is 4.74 Å². The Kier molecular flexibility index (Phi) is 6.81. The van der Waals surface area contributed by atoms with Crippen molar-refractivity contribution in [2.75, 3.05) is 6.61 Å². The van der Waals surface area contributed by atoms with Crippen LogP contribution in [0.15, 0.2) is 24.3 Å². The van der Waals surface area contributed by atoms with Gasteiger partial charge in [0, 0.05) is 6.42 Å². The fourth-order valence-electron chi connectivity index (χ4n) is 1.13. The van der Waals surface area contributed by atoms with Crippen LogP contribution in [-0.2, 0) is 9.53 Å². The topological polar surface area (TPSA) is 26.3 Å². The second-order valence-electron chi connectivity index (χ2n) is 3.41. The number of hydrogen-bond donors (Lipinski definition) is 0.